The van der Waals surface area contributed by atoms with Crippen LogP contribution < -0.4 is 4.74 Å². The Hall–Kier alpha value is -1.64. The minimum absolute atomic E-state index is 0.241. The number of fused-ring (bicyclic) bond motifs is 2. The van der Waals surface area contributed by atoms with Crippen molar-refractivity contribution in [2.24, 2.45) is 23.7 Å². The van der Waals surface area contributed by atoms with Crippen molar-refractivity contribution in [3.63, 3.8) is 0 Å². The van der Waals surface area contributed by atoms with E-state index in [-0.39, 0.29) is 11.9 Å². The maximum atomic E-state index is 13.5. The maximum absolute atomic E-state index is 13.5. The van der Waals surface area contributed by atoms with Crippen LogP contribution in [0.4, 0.5) is 4.39 Å². The summed E-state index contributed by atoms with van der Waals surface area (Å²) in [6, 6.07) is 6.52. The normalized spacial score (nSPS) is 30.7. The van der Waals surface area contributed by atoms with Crippen LogP contribution in [0.5, 0.6) is 5.75 Å². The maximum Gasteiger partial charge on any atom is 0.130 e. The zero-order valence-corrected chi connectivity index (χ0v) is 12.4. The molecular weight excluding hydrogens is 265 g/mol. The summed E-state index contributed by atoms with van der Waals surface area (Å²) in [7, 11) is 0. The minimum Gasteiger partial charge on any atom is -0.490 e. The van der Waals surface area contributed by atoms with Crippen LogP contribution in [0.2, 0.25) is 0 Å². The number of aromatic nitrogens is 1. The fourth-order valence-electron chi connectivity index (χ4n) is 4.30. The van der Waals surface area contributed by atoms with Crippen LogP contribution in [-0.2, 0) is 0 Å². The molecule has 1 heterocycles. The number of nitrogens with zero attached hydrogens (tertiary/aromatic N) is 1. The molecule has 21 heavy (non-hydrogen) atoms. The molecule has 3 heteroatoms. The van der Waals surface area contributed by atoms with Gasteiger partial charge in [-0.25, -0.2) is 4.39 Å². The van der Waals surface area contributed by atoms with Gasteiger partial charge < -0.3 is 4.74 Å². The van der Waals surface area contributed by atoms with Crippen LogP contribution in [-0.4, -0.2) is 11.1 Å². The van der Waals surface area contributed by atoms with Gasteiger partial charge in [-0.05, 0) is 60.8 Å². The lowest BCUT2D eigenvalue weighted by atomic mass is 10.00. The summed E-state index contributed by atoms with van der Waals surface area (Å²) < 4.78 is 19.6. The zero-order chi connectivity index (χ0) is 14.6. The predicted octanol–water partition coefficient (Wildman–Crippen LogP) is 4.43. The van der Waals surface area contributed by atoms with Crippen LogP contribution in [0.15, 0.2) is 30.5 Å². The van der Waals surface area contributed by atoms with Crippen molar-refractivity contribution in [1.82, 2.24) is 4.98 Å². The molecule has 0 amide bonds. The van der Waals surface area contributed by atoms with Gasteiger partial charge in [-0.3, -0.25) is 4.98 Å². The number of rotatable bonds is 3. The molecule has 0 N–H and O–H groups in total. The Morgan fingerprint density at radius 1 is 1.19 bits per heavy atom. The van der Waals surface area contributed by atoms with Gasteiger partial charge in [-0.1, -0.05) is 13.8 Å². The molecule has 2 aromatic rings. The number of pyridine rings is 1. The molecule has 2 fully saturated rings. The number of hydrogen-bond donors (Lipinski definition) is 0. The first kappa shape index (κ1) is 13.1. The average Bonchev–Trinajstić information content (AvgIpc) is 2.97. The second kappa shape index (κ2) is 4.69. The molecule has 0 bridgehead atoms. The van der Waals surface area contributed by atoms with Gasteiger partial charge in [0.15, 0.2) is 0 Å². The molecule has 2 unspecified atom stereocenters. The molecule has 4 rings (SSSR count). The average molecular weight is 285 g/mol. The Morgan fingerprint density at radius 2 is 1.95 bits per heavy atom. The van der Waals surface area contributed by atoms with Crippen molar-refractivity contribution in [3.8, 4) is 5.75 Å². The molecule has 1 aromatic heterocycles. The second-order valence-corrected chi connectivity index (χ2v) is 6.83. The van der Waals surface area contributed by atoms with E-state index in [4.69, 9.17) is 4.74 Å². The Bertz CT molecular complexity index is 672. The van der Waals surface area contributed by atoms with E-state index in [0.717, 1.165) is 53.2 Å². The van der Waals surface area contributed by atoms with Crippen molar-refractivity contribution in [2.45, 2.75) is 32.8 Å². The highest BCUT2D eigenvalue weighted by atomic mass is 19.1. The summed E-state index contributed by atoms with van der Waals surface area (Å²) >= 11 is 0. The third kappa shape index (κ3) is 2.19. The lowest BCUT2D eigenvalue weighted by Gasteiger charge is -2.19. The third-order valence-electron chi connectivity index (χ3n) is 5.19. The molecule has 2 aliphatic carbocycles. The minimum atomic E-state index is -0.241. The summed E-state index contributed by atoms with van der Waals surface area (Å²) in [5.41, 5.74) is 0.789. The van der Waals surface area contributed by atoms with E-state index in [0.29, 0.717) is 0 Å². The Balaban J connectivity index is 1.53. The van der Waals surface area contributed by atoms with Gasteiger partial charge in [-0.15, -0.1) is 0 Å². The van der Waals surface area contributed by atoms with E-state index in [9.17, 15) is 4.39 Å². The van der Waals surface area contributed by atoms with Crippen LogP contribution in [0, 0.1) is 29.5 Å². The summed E-state index contributed by atoms with van der Waals surface area (Å²) in [4.78, 5) is 4.27. The van der Waals surface area contributed by atoms with Gasteiger partial charge in [0, 0.05) is 11.6 Å². The van der Waals surface area contributed by atoms with Gasteiger partial charge in [-0.2, -0.15) is 0 Å². The second-order valence-electron chi connectivity index (χ2n) is 6.83. The first-order chi connectivity index (χ1) is 10.1. The summed E-state index contributed by atoms with van der Waals surface area (Å²) in [5, 5.41) is 0.776. The standard InChI is InChI=1S/C18H20FNO/c1-10(2)18-13-8-12(9-14(13)18)21-17-5-6-20-16-4-3-11(19)7-15(16)17/h3-7,10,12-14,18H,8-9H2,1-2H3. The van der Waals surface area contributed by atoms with E-state index >= 15 is 0 Å². The molecule has 2 saturated carbocycles. The third-order valence-corrected chi connectivity index (χ3v) is 5.19. The molecule has 2 aliphatic rings. The first-order valence-corrected chi connectivity index (χ1v) is 7.84. The van der Waals surface area contributed by atoms with Gasteiger partial charge in [0.2, 0.25) is 0 Å². The van der Waals surface area contributed by atoms with E-state index in [1.54, 1.807) is 12.3 Å². The topological polar surface area (TPSA) is 22.1 Å². The van der Waals surface area contributed by atoms with Crippen molar-refractivity contribution in [2.75, 3.05) is 0 Å². The van der Waals surface area contributed by atoms with E-state index in [1.165, 1.54) is 12.1 Å². The van der Waals surface area contributed by atoms with Gasteiger partial charge in [0.25, 0.3) is 0 Å². The van der Waals surface area contributed by atoms with Crippen LogP contribution in [0.25, 0.3) is 10.9 Å². The lowest BCUT2D eigenvalue weighted by molar-refractivity contribution is 0.183. The quantitative estimate of drug-likeness (QED) is 0.832. The number of hydrogen-bond acceptors (Lipinski definition) is 2. The molecule has 2 nitrogen and oxygen atoms in total. The molecule has 0 saturated heterocycles. The first-order valence-electron chi connectivity index (χ1n) is 7.84. The highest BCUT2D eigenvalue weighted by molar-refractivity contribution is 5.84. The van der Waals surface area contributed by atoms with Gasteiger partial charge in [0.1, 0.15) is 11.6 Å². The zero-order valence-electron chi connectivity index (χ0n) is 12.4. The van der Waals surface area contributed by atoms with Crippen molar-refractivity contribution in [3.05, 3.63) is 36.3 Å². The lowest BCUT2D eigenvalue weighted by Crippen LogP contribution is -2.17. The smallest absolute Gasteiger partial charge is 0.130 e. The van der Waals surface area contributed by atoms with Crippen LogP contribution in [0.3, 0.4) is 0 Å². The SMILES string of the molecule is CC(C)C1C2CC(Oc3ccnc4ccc(F)cc34)CC21. The number of halogens is 1. The predicted molar refractivity (Wildman–Crippen MR) is 80.7 cm³/mol. The van der Waals surface area contributed by atoms with Crippen LogP contribution in [0.1, 0.15) is 26.7 Å². The highest BCUT2D eigenvalue weighted by Crippen LogP contribution is 2.61. The largest absolute Gasteiger partial charge is 0.490 e. The molecule has 110 valence electrons. The fraction of sp³-hybridized carbons (Fsp3) is 0.500. The van der Waals surface area contributed by atoms with Gasteiger partial charge in [0.05, 0.1) is 11.6 Å². The monoisotopic (exact) mass is 285 g/mol. The summed E-state index contributed by atoms with van der Waals surface area (Å²) in [5.74, 6) is 3.91. The molecule has 2 atom stereocenters. The molecular formula is C18H20FNO. The van der Waals surface area contributed by atoms with Gasteiger partial charge >= 0.3 is 0 Å². The molecule has 0 radical (unpaired) electrons. The van der Waals surface area contributed by atoms with Crippen molar-refractivity contribution < 1.29 is 9.13 Å². The Labute approximate surface area is 124 Å². The molecule has 0 spiro atoms. The van der Waals surface area contributed by atoms with E-state index in [1.807, 2.05) is 6.07 Å². The molecule has 1 aromatic carbocycles. The number of benzene rings is 1. The van der Waals surface area contributed by atoms with E-state index in [2.05, 4.69) is 18.8 Å². The summed E-state index contributed by atoms with van der Waals surface area (Å²) in [6.07, 6.45) is 4.31. The highest BCUT2D eigenvalue weighted by Gasteiger charge is 2.57. The Kier molecular flexibility index (Phi) is 2.91. The van der Waals surface area contributed by atoms with Crippen molar-refractivity contribution in [1.29, 1.82) is 0 Å². The van der Waals surface area contributed by atoms with Crippen molar-refractivity contribution >= 4 is 10.9 Å². The Morgan fingerprint density at radius 3 is 2.67 bits per heavy atom. The summed E-state index contributed by atoms with van der Waals surface area (Å²) in [6.45, 7) is 4.63. The number of ether oxygens (including phenoxy) is 1. The fourth-order valence-corrected chi connectivity index (χ4v) is 4.30. The van der Waals surface area contributed by atoms with E-state index < -0.39 is 0 Å². The molecule has 0 aliphatic heterocycles. The van der Waals surface area contributed by atoms with Crippen LogP contribution >= 0.6 is 0 Å².